The zero-order valence-corrected chi connectivity index (χ0v) is 16.6. The number of rotatable bonds is 6. The van der Waals surface area contributed by atoms with E-state index in [1.807, 2.05) is 35.9 Å². The molecule has 0 aliphatic carbocycles. The molecule has 0 aliphatic heterocycles. The first-order valence-corrected chi connectivity index (χ1v) is 9.18. The van der Waals surface area contributed by atoms with Gasteiger partial charge in [0.05, 0.1) is 23.5 Å². The van der Waals surface area contributed by atoms with Crippen LogP contribution in [0, 0.1) is 6.92 Å². The highest BCUT2D eigenvalue weighted by molar-refractivity contribution is 5.87. The third-order valence-corrected chi connectivity index (χ3v) is 4.36. The van der Waals surface area contributed by atoms with Crippen LogP contribution in [0.4, 0.5) is 0 Å². The van der Waals surface area contributed by atoms with Crippen LogP contribution in [-0.4, -0.2) is 25.8 Å². The highest BCUT2D eigenvalue weighted by Gasteiger charge is 2.21. The standard InChI is InChI=1S/C22H25N3O3/c1-15-6-5-7-18(23-15)14-28-20-12-19(22(2,3)4)24-25(20)13-16-8-10-17(11-9-16)21(26)27/h5-12H,13-14H2,1-4H3,(H,26,27). The van der Waals surface area contributed by atoms with Gasteiger partial charge >= 0.3 is 5.97 Å². The lowest BCUT2D eigenvalue weighted by molar-refractivity contribution is 0.0697. The Morgan fingerprint density at radius 2 is 1.86 bits per heavy atom. The number of carbonyl (C=O) groups is 1. The molecule has 0 bridgehead atoms. The van der Waals surface area contributed by atoms with E-state index in [4.69, 9.17) is 14.9 Å². The average molecular weight is 379 g/mol. The molecule has 0 amide bonds. The molecule has 0 spiro atoms. The molecule has 0 aliphatic rings. The lowest BCUT2D eigenvalue weighted by Gasteiger charge is -2.14. The van der Waals surface area contributed by atoms with Crippen LogP contribution in [0.5, 0.6) is 5.88 Å². The van der Waals surface area contributed by atoms with Crippen LogP contribution < -0.4 is 4.74 Å². The van der Waals surface area contributed by atoms with Gasteiger partial charge in [-0.1, -0.05) is 39.0 Å². The predicted octanol–water partition coefficient (Wildman–Crippen LogP) is 4.21. The van der Waals surface area contributed by atoms with E-state index in [1.165, 1.54) is 0 Å². The summed E-state index contributed by atoms with van der Waals surface area (Å²) in [7, 11) is 0. The Balaban J connectivity index is 1.84. The molecule has 2 heterocycles. The second-order valence-corrected chi connectivity index (χ2v) is 7.84. The Labute approximate surface area is 164 Å². The molecule has 6 heteroatoms. The minimum Gasteiger partial charge on any atom is -0.478 e. The van der Waals surface area contributed by atoms with Crippen molar-refractivity contribution >= 4 is 5.97 Å². The van der Waals surface area contributed by atoms with Crippen molar-refractivity contribution in [2.75, 3.05) is 0 Å². The van der Waals surface area contributed by atoms with Crippen LogP contribution in [0.3, 0.4) is 0 Å². The van der Waals surface area contributed by atoms with Crippen LogP contribution >= 0.6 is 0 Å². The Hall–Kier alpha value is -3.15. The fourth-order valence-corrected chi connectivity index (χ4v) is 2.75. The number of carboxylic acid groups (broad SMARTS) is 1. The molecule has 0 atom stereocenters. The number of benzene rings is 1. The van der Waals surface area contributed by atoms with Crippen molar-refractivity contribution in [2.24, 2.45) is 0 Å². The molecule has 6 nitrogen and oxygen atoms in total. The average Bonchev–Trinajstić information content (AvgIpc) is 3.04. The predicted molar refractivity (Wildman–Crippen MR) is 107 cm³/mol. The molecule has 2 aromatic heterocycles. The maximum atomic E-state index is 11.0. The fourth-order valence-electron chi connectivity index (χ4n) is 2.75. The Morgan fingerprint density at radius 1 is 1.14 bits per heavy atom. The lowest BCUT2D eigenvalue weighted by atomic mass is 9.93. The summed E-state index contributed by atoms with van der Waals surface area (Å²) >= 11 is 0. The number of hydrogen-bond acceptors (Lipinski definition) is 4. The minimum atomic E-state index is -0.935. The van der Waals surface area contributed by atoms with E-state index in [2.05, 4.69) is 25.8 Å². The number of pyridine rings is 1. The number of aryl methyl sites for hydroxylation is 1. The van der Waals surface area contributed by atoms with E-state index in [1.54, 1.807) is 24.3 Å². The lowest BCUT2D eigenvalue weighted by Crippen LogP contribution is -2.13. The molecule has 0 radical (unpaired) electrons. The minimum absolute atomic E-state index is 0.113. The third-order valence-electron chi connectivity index (χ3n) is 4.36. The molecule has 3 rings (SSSR count). The molecule has 0 saturated heterocycles. The van der Waals surface area contributed by atoms with E-state index in [0.717, 1.165) is 22.6 Å². The molecule has 0 saturated carbocycles. The normalized spacial score (nSPS) is 11.4. The van der Waals surface area contributed by atoms with Gasteiger partial charge in [0.15, 0.2) is 0 Å². The first kappa shape index (κ1) is 19.6. The molecule has 3 aromatic rings. The monoisotopic (exact) mass is 379 g/mol. The zero-order chi connectivity index (χ0) is 20.3. The van der Waals surface area contributed by atoms with Gasteiger partial charge in [0.1, 0.15) is 6.61 Å². The quantitative estimate of drug-likeness (QED) is 0.694. The summed E-state index contributed by atoms with van der Waals surface area (Å²) in [5.74, 6) is -0.272. The van der Waals surface area contributed by atoms with Crippen molar-refractivity contribution in [3.05, 3.63) is 76.7 Å². The van der Waals surface area contributed by atoms with Crippen LogP contribution in [0.1, 0.15) is 53.8 Å². The van der Waals surface area contributed by atoms with Crippen molar-refractivity contribution in [1.82, 2.24) is 14.8 Å². The number of ether oxygens (including phenoxy) is 1. The number of nitrogens with zero attached hydrogens (tertiary/aromatic N) is 3. The summed E-state index contributed by atoms with van der Waals surface area (Å²) in [6, 6.07) is 14.6. The van der Waals surface area contributed by atoms with Crippen LogP contribution in [-0.2, 0) is 18.6 Å². The Bertz CT molecular complexity index is 969. The molecular weight excluding hydrogens is 354 g/mol. The van der Waals surface area contributed by atoms with Gasteiger partial charge in [-0.15, -0.1) is 0 Å². The van der Waals surface area contributed by atoms with Crippen molar-refractivity contribution in [3.8, 4) is 5.88 Å². The summed E-state index contributed by atoms with van der Waals surface area (Å²) < 4.78 is 7.84. The zero-order valence-electron chi connectivity index (χ0n) is 16.6. The summed E-state index contributed by atoms with van der Waals surface area (Å²) in [5.41, 5.74) is 3.84. The Morgan fingerprint density at radius 3 is 2.46 bits per heavy atom. The topological polar surface area (TPSA) is 77.2 Å². The summed E-state index contributed by atoms with van der Waals surface area (Å²) in [4.78, 5) is 15.5. The van der Waals surface area contributed by atoms with Crippen LogP contribution in [0.15, 0.2) is 48.5 Å². The summed E-state index contributed by atoms with van der Waals surface area (Å²) in [6.07, 6.45) is 0. The van der Waals surface area contributed by atoms with Gasteiger partial charge in [0.25, 0.3) is 0 Å². The van der Waals surface area contributed by atoms with E-state index < -0.39 is 5.97 Å². The number of aromatic carboxylic acids is 1. The van der Waals surface area contributed by atoms with E-state index in [0.29, 0.717) is 19.0 Å². The van der Waals surface area contributed by atoms with Crippen molar-refractivity contribution in [3.63, 3.8) is 0 Å². The maximum absolute atomic E-state index is 11.0. The van der Waals surface area contributed by atoms with Gasteiger partial charge in [-0.05, 0) is 36.8 Å². The molecule has 0 unspecified atom stereocenters. The van der Waals surface area contributed by atoms with Crippen LogP contribution in [0.25, 0.3) is 0 Å². The molecule has 0 fully saturated rings. The highest BCUT2D eigenvalue weighted by Crippen LogP contribution is 2.26. The molecule has 1 N–H and O–H groups in total. The first-order chi connectivity index (χ1) is 13.2. The van der Waals surface area contributed by atoms with Gasteiger partial charge in [-0.2, -0.15) is 5.10 Å². The third kappa shape index (κ3) is 4.76. The van der Waals surface area contributed by atoms with Crippen LogP contribution in [0.2, 0.25) is 0 Å². The maximum Gasteiger partial charge on any atom is 0.335 e. The number of hydrogen-bond donors (Lipinski definition) is 1. The van der Waals surface area contributed by atoms with E-state index in [-0.39, 0.29) is 11.0 Å². The van der Waals surface area contributed by atoms with Crippen molar-refractivity contribution < 1.29 is 14.6 Å². The van der Waals surface area contributed by atoms with Crippen molar-refractivity contribution in [1.29, 1.82) is 0 Å². The van der Waals surface area contributed by atoms with Gasteiger partial charge in [0.2, 0.25) is 5.88 Å². The van der Waals surface area contributed by atoms with Gasteiger partial charge in [-0.3, -0.25) is 4.98 Å². The van der Waals surface area contributed by atoms with Crippen molar-refractivity contribution in [2.45, 2.75) is 46.3 Å². The summed E-state index contributed by atoms with van der Waals surface area (Å²) in [6.45, 7) is 9.11. The number of aromatic nitrogens is 3. The second-order valence-electron chi connectivity index (χ2n) is 7.84. The van der Waals surface area contributed by atoms with E-state index >= 15 is 0 Å². The smallest absolute Gasteiger partial charge is 0.335 e. The molecule has 28 heavy (non-hydrogen) atoms. The number of carboxylic acids is 1. The molecular formula is C22H25N3O3. The van der Waals surface area contributed by atoms with Gasteiger partial charge < -0.3 is 9.84 Å². The highest BCUT2D eigenvalue weighted by atomic mass is 16.5. The summed E-state index contributed by atoms with van der Waals surface area (Å²) in [5, 5.41) is 13.8. The van der Waals surface area contributed by atoms with Gasteiger partial charge in [0, 0.05) is 17.2 Å². The first-order valence-electron chi connectivity index (χ1n) is 9.18. The van der Waals surface area contributed by atoms with E-state index in [9.17, 15) is 4.79 Å². The SMILES string of the molecule is Cc1cccc(COc2cc(C(C)(C)C)nn2Cc2ccc(C(=O)O)cc2)n1. The molecule has 1 aromatic carbocycles. The second kappa shape index (κ2) is 7.84. The Kier molecular flexibility index (Phi) is 5.49. The fraction of sp³-hybridized carbons (Fsp3) is 0.318. The largest absolute Gasteiger partial charge is 0.478 e. The molecule has 146 valence electrons. The van der Waals surface area contributed by atoms with Gasteiger partial charge in [-0.25, -0.2) is 9.48 Å².